The predicted octanol–water partition coefficient (Wildman–Crippen LogP) is 2.91. The minimum Gasteiger partial charge on any atom is -0.309 e. The van der Waals surface area contributed by atoms with Crippen LogP contribution < -0.4 is 5.32 Å². The van der Waals surface area contributed by atoms with Gasteiger partial charge in [-0.25, -0.2) is 4.98 Å². The Kier molecular flexibility index (Phi) is 4.49. The normalized spacial score (nSPS) is 11.3. The maximum absolute atomic E-state index is 4.63. The van der Waals surface area contributed by atoms with Gasteiger partial charge in [-0.2, -0.15) is 5.10 Å². The van der Waals surface area contributed by atoms with E-state index in [1.165, 1.54) is 0 Å². The molecule has 0 bridgehead atoms. The molecule has 4 nitrogen and oxygen atoms in total. The van der Waals surface area contributed by atoms with Crippen LogP contribution in [0.15, 0.2) is 17.8 Å². The van der Waals surface area contributed by atoms with Gasteiger partial charge in [0.1, 0.15) is 5.01 Å². The lowest BCUT2D eigenvalue weighted by Crippen LogP contribution is -2.21. The van der Waals surface area contributed by atoms with Crippen LogP contribution in [-0.4, -0.2) is 20.8 Å². The molecule has 0 aliphatic heterocycles. The van der Waals surface area contributed by atoms with E-state index in [4.69, 9.17) is 0 Å². The molecule has 2 aromatic rings. The van der Waals surface area contributed by atoms with Crippen LogP contribution in [0, 0.1) is 0 Å². The Morgan fingerprint density at radius 2 is 2.28 bits per heavy atom. The second-order valence-electron chi connectivity index (χ2n) is 4.67. The number of aromatic nitrogens is 3. The van der Waals surface area contributed by atoms with Crippen LogP contribution in [0.2, 0.25) is 0 Å². The van der Waals surface area contributed by atoms with Gasteiger partial charge < -0.3 is 5.32 Å². The van der Waals surface area contributed by atoms with Crippen molar-refractivity contribution in [2.24, 2.45) is 0 Å². The lowest BCUT2D eigenvalue weighted by Gasteiger charge is -2.04. The van der Waals surface area contributed by atoms with Crippen LogP contribution in [0.4, 0.5) is 0 Å². The number of hydrogen-bond donors (Lipinski definition) is 1. The third-order valence-corrected chi connectivity index (χ3v) is 3.52. The number of rotatable bonds is 6. The fourth-order valence-corrected chi connectivity index (χ4v) is 2.45. The van der Waals surface area contributed by atoms with Crippen molar-refractivity contribution < 1.29 is 0 Å². The molecule has 0 unspecified atom stereocenters. The summed E-state index contributed by atoms with van der Waals surface area (Å²) in [4.78, 5) is 4.63. The molecule has 0 aliphatic rings. The van der Waals surface area contributed by atoms with E-state index in [1.807, 2.05) is 10.9 Å². The number of aryl methyl sites for hydroxylation is 1. The minimum atomic E-state index is 0.488. The summed E-state index contributed by atoms with van der Waals surface area (Å²) in [6.45, 7) is 8.23. The molecule has 0 aromatic carbocycles. The fraction of sp³-hybridized carbons (Fsp3) is 0.538. The van der Waals surface area contributed by atoms with Gasteiger partial charge in [-0.05, 0) is 6.42 Å². The second kappa shape index (κ2) is 6.11. The van der Waals surface area contributed by atoms with E-state index < -0.39 is 0 Å². The van der Waals surface area contributed by atoms with Crippen molar-refractivity contribution in [3.05, 3.63) is 23.5 Å². The van der Waals surface area contributed by atoms with Crippen LogP contribution in [0.3, 0.4) is 0 Å². The predicted molar refractivity (Wildman–Crippen MR) is 75.6 cm³/mol. The molecule has 0 atom stereocenters. The molecule has 0 aliphatic carbocycles. The summed E-state index contributed by atoms with van der Waals surface area (Å²) in [5, 5.41) is 10.9. The van der Waals surface area contributed by atoms with Gasteiger partial charge in [-0.3, -0.25) is 4.68 Å². The van der Waals surface area contributed by atoms with Crippen LogP contribution in [0.25, 0.3) is 10.6 Å². The molecule has 0 spiro atoms. The summed E-state index contributed by atoms with van der Waals surface area (Å²) in [5.41, 5.74) is 2.22. The lowest BCUT2D eigenvalue weighted by molar-refractivity contribution is 0.583. The lowest BCUT2D eigenvalue weighted by atomic mass is 10.3. The molecule has 0 radical (unpaired) electrons. The summed E-state index contributed by atoms with van der Waals surface area (Å²) in [7, 11) is 0. The molecule has 1 N–H and O–H groups in total. The van der Waals surface area contributed by atoms with Gasteiger partial charge in [0.2, 0.25) is 0 Å². The van der Waals surface area contributed by atoms with Gasteiger partial charge in [0, 0.05) is 36.3 Å². The van der Waals surface area contributed by atoms with Gasteiger partial charge in [0.15, 0.2) is 0 Å². The molecule has 2 rings (SSSR count). The first-order chi connectivity index (χ1) is 8.69. The zero-order valence-corrected chi connectivity index (χ0v) is 12.0. The van der Waals surface area contributed by atoms with E-state index in [0.29, 0.717) is 6.04 Å². The monoisotopic (exact) mass is 264 g/mol. The van der Waals surface area contributed by atoms with Crippen molar-refractivity contribution >= 4 is 11.3 Å². The molecule has 0 saturated heterocycles. The van der Waals surface area contributed by atoms with Gasteiger partial charge in [0.05, 0.1) is 11.9 Å². The average molecular weight is 264 g/mol. The Bertz CT molecular complexity index is 487. The third-order valence-electron chi connectivity index (χ3n) is 2.58. The summed E-state index contributed by atoms with van der Waals surface area (Å²) in [6, 6.07) is 0.488. The van der Waals surface area contributed by atoms with E-state index >= 15 is 0 Å². The van der Waals surface area contributed by atoms with Crippen molar-refractivity contribution in [1.82, 2.24) is 20.1 Å². The van der Waals surface area contributed by atoms with Gasteiger partial charge >= 0.3 is 0 Å². The highest BCUT2D eigenvalue weighted by Gasteiger charge is 2.07. The van der Waals surface area contributed by atoms with Gasteiger partial charge in [-0.1, -0.05) is 20.8 Å². The fourth-order valence-electron chi connectivity index (χ4n) is 1.65. The van der Waals surface area contributed by atoms with Crippen LogP contribution in [0.1, 0.15) is 32.9 Å². The minimum absolute atomic E-state index is 0.488. The Morgan fingerprint density at radius 3 is 3.00 bits per heavy atom. The molecule has 2 aromatic heterocycles. The molecule has 18 heavy (non-hydrogen) atoms. The van der Waals surface area contributed by atoms with E-state index in [0.717, 1.165) is 35.8 Å². The van der Waals surface area contributed by atoms with Gasteiger partial charge in [0.25, 0.3) is 0 Å². The Balaban J connectivity index is 2.04. The number of thiazole rings is 1. The highest BCUT2D eigenvalue weighted by Crippen LogP contribution is 2.23. The molecule has 0 fully saturated rings. The zero-order chi connectivity index (χ0) is 13.0. The molecule has 2 heterocycles. The highest BCUT2D eigenvalue weighted by molar-refractivity contribution is 7.13. The molecular weight excluding hydrogens is 244 g/mol. The number of nitrogens with one attached hydrogen (secondary N) is 1. The quantitative estimate of drug-likeness (QED) is 0.872. The third kappa shape index (κ3) is 3.40. The largest absolute Gasteiger partial charge is 0.309 e. The van der Waals surface area contributed by atoms with E-state index in [-0.39, 0.29) is 0 Å². The average Bonchev–Trinajstić information content (AvgIpc) is 2.94. The van der Waals surface area contributed by atoms with Crippen molar-refractivity contribution in [3.8, 4) is 10.6 Å². The zero-order valence-electron chi connectivity index (χ0n) is 11.2. The Hall–Kier alpha value is -1.20. The summed E-state index contributed by atoms with van der Waals surface area (Å²) >= 11 is 1.68. The smallest absolute Gasteiger partial charge is 0.126 e. The van der Waals surface area contributed by atoms with Crippen LogP contribution in [0.5, 0.6) is 0 Å². The maximum atomic E-state index is 4.63. The van der Waals surface area contributed by atoms with Crippen molar-refractivity contribution in [1.29, 1.82) is 0 Å². The number of hydrogen-bond acceptors (Lipinski definition) is 4. The van der Waals surface area contributed by atoms with Crippen molar-refractivity contribution in [2.75, 3.05) is 0 Å². The van der Waals surface area contributed by atoms with Crippen molar-refractivity contribution in [2.45, 2.75) is 46.3 Å². The SMILES string of the molecule is CCCn1cc(-c2nc(CNC(C)C)cs2)cn1. The highest BCUT2D eigenvalue weighted by atomic mass is 32.1. The maximum Gasteiger partial charge on any atom is 0.126 e. The molecular formula is C13H20N4S. The summed E-state index contributed by atoms with van der Waals surface area (Å²) < 4.78 is 1.97. The standard InChI is InChI=1S/C13H20N4S/c1-4-5-17-8-11(6-15-17)13-16-12(9-18-13)7-14-10(2)3/h6,8-10,14H,4-5,7H2,1-3H3. The van der Waals surface area contributed by atoms with Crippen molar-refractivity contribution in [3.63, 3.8) is 0 Å². The molecule has 98 valence electrons. The Morgan fingerprint density at radius 1 is 1.44 bits per heavy atom. The van der Waals surface area contributed by atoms with Gasteiger partial charge in [-0.15, -0.1) is 11.3 Å². The van der Waals surface area contributed by atoms with Crippen LogP contribution >= 0.6 is 11.3 Å². The summed E-state index contributed by atoms with van der Waals surface area (Å²) in [5.74, 6) is 0. The molecule has 0 amide bonds. The first-order valence-corrected chi connectivity index (χ1v) is 7.27. The first-order valence-electron chi connectivity index (χ1n) is 6.39. The van der Waals surface area contributed by atoms with E-state index in [9.17, 15) is 0 Å². The van der Waals surface area contributed by atoms with E-state index in [2.05, 4.69) is 47.7 Å². The topological polar surface area (TPSA) is 42.7 Å². The number of nitrogens with zero attached hydrogens (tertiary/aromatic N) is 3. The first kappa shape index (κ1) is 13.2. The summed E-state index contributed by atoms with van der Waals surface area (Å²) in [6.07, 6.45) is 5.07. The second-order valence-corrected chi connectivity index (χ2v) is 5.53. The molecule has 5 heteroatoms. The van der Waals surface area contributed by atoms with Crippen LogP contribution in [-0.2, 0) is 13.1 Å². The van der Waals surface area contributed by atoms with E-state index in [1.54, 1.807) is 11.3 Å². The molecule has 0 saturated carbocycles. The Labute approximate surface area is 112 Å².